The second kappa shape index (κ2) is 6.91. The van der Waals surface area contributed by atoms with Crippen LogP contribution in [-0.4, -0.2) is 50.5 Å². The minimum absolute atomic E-state index is 0.168. The number of benzene rings is 1. The maximum atomic E-state index is 12.7. The molecular formula is C16H14ClN5O2S. The average molecular weight is 376 g/mol. The Hall–Kier alpha value is -2.29. The minimum atomic E-state index is -0.194. The van der Waals surface area contributed by atoms with Crippen LogP contribution < -0.4 is 0 Å². The van der Waals surface area contributed by atoms with Gasteiger partial charge in [0, 0.05) is 23.1 Å². The summed E-state index contributed by atoms with van der Waals surface area (Å²) in [6, 6.07) is 7.21. The molecule has 1 unspecified atom stereocenters. The van der Waals surface area contributed by atoms with Crippen molar-refractivity contribution in [2.75, 3.05) is 19.7 Å². The van der Waals surface area contributed by atoms with Gasteiger partial charge in [-0.15, -0.1) is 16.4 Å². The van der Waals surface area contributed by atoms with Gasteiger partial charge in [0.2, 0.25) is 0 Å². The van der Waals surface area contributed by atoms with Gasteiger partial charge >= 0.3 is 0 Å². The van der Waals surface area contributed by atoms with Gasteiger partial charge in [0.05, 0.1) is 25.0 Å². The number of thiazole rings is 1. The van der Waals surface area contributed by atoms with Crippen molar-refractivity contribution in [1.29, 1.82) is 0 Å². The predicted octanol–water partition coefficient (Wildman–Crippen LogP) is 2.59. The minimum Gasteiger partial charge on any atom is -0.367 e. The molecule has 3 heterocycles. The molecule has 0 bridgehead atoms. The third-order valence-electron chi connectivity index (χ3n) is 3.87. The van der Waals surface area contributed by atoms with Gasteiger partial charge in [-0.2, -0.15) is 0 Å². The molecule has 3 aromatic rings. The molecule has 7 nitrogen and oxygen atoms in total. The van der Waals surface area contributed by atoms with Crippen molar-refractivity contribution < 1.29 is 9.53 Å². The first kappa shape index (κ1) is 16.2. The van der Waals surface area contributed by atoms with E-state index in [-0.39, 0.29) is 12.0 Å². The Morgan fingerprint density at radius 1 is 1.40 bits per heavy atom. The second-order valence-corrected chi connectivity index (χ2v) is 6.87. The van der Waals surface area contributed by atoms with Gasteiger partial charge in [0.15, 0.2) is 5.69 Å². The number of amides is 1. The predicted molar refractivity (Wildman–Crippen MR) is 93.1 cm³/mol. The highest BCUT2D eigenvalue weighted by Gasteiger charge is 2.28. The van der Waals surface area contributed by atoms with Gasteiger partial charge < -0.3 is 9.64 Å². The number of nitrogens with zero attached hydrogens (tertiary/aromatic N) is 5. The summed E-state index contributed by atoms with van der Waals surface area (Å²) in [7, 11) is 0. The third-order valence-corrected chi connectivity index (χ3v) is 4.97. The molecule has 1 aliphatic heterocycles. The molecule has 128 valence electrons. The summed E-state index contributed by atoms with van der Waals surface area (Å²) in [5.41, 5.74) is 1.04. The summed E-state index contributed by atoms with van der Waals surface area (Å²) >= 11 is 7.52. The van der Waals surface area contributed by atoms with Crippen LogP contribution in [0.1, 0.15) is 21.6 Å². The van der Waals surface area contributed by atoms with Crippen LogP contribution in [0.4, 0.5) is 0 Å². The van der Waals surface area contributed by atoms with Crippen molar-refractivity contribution >= 4 is 28.8 Å². The summed E-state index contributed by atoms with van der Waals surface area (Å²) in [6.45, 7) is 1.44. The number of halogens is 1. The van der Waals surface area contributed by atoms with Crippen molar-refractivity contribution in [3.05, 3.63) is 57.8 Å². The summed E-state index contributed by atoms with van der Waals surface area (Å²) in [5, 5.41) is 11.4. The van der Waals surface area contributed by atoms with Crippen molar-refractivity contribution in [3.63, 3.8) is 0 Å². The number of rotatable bonds is 3. The molecule has 1 saturated heterocycles. The van der Waals surface area contributed by atoms with Crippen LogP contribution >= 0.6 is 22.9 Å². The molecule has 25 heavy (non-hydrogen) atoms. The largest absolute Gasteiger partial charge is 0.367 e. The Morgan fingerprint density at radius 3 is 3.12 bits per heavy atom. The number of aromatic nitrogens is 4. The Labute approximate surface area is 152 Å². The van der Waals surface area contributed by atoms with Crippen LogP contribution in [0.3, 0.4) is 0 Å². The highest BCUT2D eigenvalue weighted by Crippen LogP contribution is 2.24. The van der Waals surface area contributed by atoms with Crippen molar-refractivity contribution in [2.45, 2.75) is 6.10 Å². The van der Waals surface area contributed by atoms with Gasteiger partial charge in [0.1, 0.15) is 11.1 Å². The number of ether oxygens (including phenoxy) is 1. The summed E-state index contributed by atoms with van der Waals surface area (Å²) in [6.07, 6.45) is 3.16. The Morgan fingerprint density at radius 2 is 2.32 bits per heavy atom. The van der Waals surface area contributed by atoms with E-state index in [1.165, 1.54) is 16.0 Å². The van der Waals surface area contributed by atoms with E-state index < -0.39 is 0 Å². The molecule has 0 N–H and O–H groups in total. The molecule has 0 saturated carbocycles. The highest BCUT2D eigenvalue weighted by molar-refractivity contribution is 7.09. The van der Waals surface area contributed by atoms with Crippen LogP contribution in [0.25, 0.3) is 5.69 Å². The molecule has 1 aromatic carbocycles. The van der Waals surface area contributed by atoms with E-state index >= 15 is 0 Å². The molecule has 0 radical (unpaired) electrons. The maximum Gasteiger partial charge on any atom is 0.276 e. The molecular weight excluding hydrogens is 362 g/mol. The van der Waals surface area contributed by atoms with Crippen LogP contribution in [0.15, 0.2) is 42.0 Å². The zero-order chi connectivity index (χ0) is 17.2. The van der Waals surface area contributed by atoms with Crippen molar-refractivity contribution in [2.24, 2.45) is 0 Å². The molecule has 2 aromatic heterocycles. The van der Waals surface area contributed by atoms with Crippen molar-refractivity contribution in [3.8, 4) is 5.69 Å². The first-order valence-electron chi connectivity index (χ1n) is 7.69. The number of hydrogen-bond acceptors (Lipinski definition) is 6. The monoisotopic (exact) mass is 375 g/mol. The number of carbonyl (C=O) groups is 1. The third kappa shape index (κ3) is 3.41. The highest BCUT2D eigenvalue weighted by atomic mass is 35.5. The zero-order valence-corrected chi connectivity index (χ0v) is 14.7. The topological polar surface area (TPSA) is 73.1 Å². The fraction of sp³-hybridized carbons (Fsp3) is 0.250. The Bertz CT molecular complexity index is 882. The van der Waals surface area contributed by atoms with E-state index in [0.29, 0.717) is 30.4 Å². The van der Waals surface area contributed by atoms with Crippen molar-refractivity contribution in [1.82, 2.24) is 24.9 Å². The van der Waals surface area contributed by atoms with Gasteiger partial charge in [-0.1, -0.05) is 22.9 Å². The molecule has 1 aliphatic rings. The van der Waals surface area contributed by atoms with Gasteiger partial charge in [0.25, 0.3) is 5.91 Å². The molecule has 1 atom stereocenters. The van der Waals surface area contributed by atoms with E-state index in [4.69, 9.17) is 16.3 Å². The molecule has 9 heteroatoms. The smallest absolute Gasteiger partial charge is 0.276 e. The van der Waals surface area contributed by atoms with Crippen LogP contribution in [0, 0.1) is 0 Å². The van der Waals surface area contributed by atoms with E-state index in [0.717, 1.165) is 10.7 Å². The first-order chi connectivity index (χ1) is 12.2. The number of hydrogen-bond donors (Lipinski definition) is 0. The molecule has 4 rings (SSSR count). The lowest BCUT2D eigenvalue weighted by molar-refractivity contribution is -0.0230. The van der Waals surface area contributed by atoms with Crippen LogP contribution in [-0.2, 0) is 4.74 Å². The molecule has 0 aliphatic carbocycles. The average Bonchev–Trinajstić information content (AvgIpc) is 3.33. The number of morpholine rings is 1. The lowest BCUT2D eigenvalue weighted by atomic mass is 10.2. The molecule has 1 fully saturated rings. The van der Waals surface area contributed by atoms with Crippen LogP contribution in [0.2, 0.25) is 5.02 Å². The summed E-state index contributed by atoms with van der Waals surface area (Å²) < 4.78 is 7.26. The van der Waals surface area contributed by atoms with Gasteiger partial charge in [-0.3, -0.25) is 4.79 Å². The lowest BCUT2D eigenvalue weighted by Gasteiger charge is -2.31. The second-order valence-electron chi connectivity index (χ2n) is 5.51. The summed E-state index contributed by atoms with van der Waals surface area (Å²) in [5.74, 6) is -0.168. The zero-order valence-electron chi connectivity index (χ0n) is 13.1. The Kier molecular flexibility index (Phi) is 4.48. The maximum absolute atomic E-state index is 12.7. The Balaban J connectivity index is 1.51. The van der Waals surface area contributed by atoms with E-state index in [2.05, 4.69) is 15.3 Å². The fourth-order valence-electron chi connectivity index (χ4n) is 2.65. The quantitative estimate of drug-likeness (QED) is 0.703. The van der Waals surface area contributed by atoms with Gasteiger partial charge in [-0.25, -0.2) is 9.67 Å². The summed E-state index contributed by atoms with van der Waals surface area (Å²) in [4.78, 5) is 18.7. The molecule has 1 amide bonds. The lowest BCUT2D eigenvalue weighted by Crippen LogP contribution is -2.42. The molecule has 0 spiro atoms. The number of carbonyl (C=O) groups excluding carboxylic acids is 1. The van der Waals surface area contributed by atoms with E-state index in [9.17, 15) is 4.79 Å². The standard InChI is InChI=1S/C16H14ClN5O2S/c17-11-2-1-3-12(8-11)22-9-13(19-20-22)16(23)21-5-6-24-14(10-21)15-18-4-7-25-15/h1-4,7-9,14H,5-6,10H2. The normalized spacial score (nSPS) is 17.6. The SMILES string of the molecule is O=C(c1cn(-c2cccc(Cl)c2)nn1)N1CCOC(c2nccs2)C1. The van der Waals surface area contributed by atoms with Gasteiger partial charge in [-0.05, 0) is 18.2 Å². The van der Waals surface area contributed by atoms with Crippen LogP contribution in [0.5, 0.6) is 0 Å². The van der Waals surface area contributed by atoms with E-state index in [1.807, 2.05) is 17.5 Å². The fourth-order valence-corrected chi connectivity index (χ4v) is 3.51. The van der Waals surface area contributed by atoms with E-state index in [1.54, 1.807) is 29.4 Å². The first-order valence-corrected chi connectivity index (χ1v) is 8.95.